The molecule has 0 aliphatic carbocycles. The second-order valence-corrected chi connectivity index (χ2v) is 16.3. The summed E-state index contributed by atoms with van der Waals surface area (Å²) < 4.78 is 72.4. The number of hydrogen-bond donors (Lipinski definition) is 3. The number of rotatable bonds is 11. The summed E-state index contributed by atoms with van der Waals surface area (Å²) in [7, 11) is -9.75. The summed E-state index contributed by atoms with van der Waals surface area (Å²) in [5, 5.41) is 47.1. The van der Waals surface area contributed by atoms with Crippen molar-refractivity contribution in [1.82, 2.24) is 15.0 Å². The molecule has 0 aliphatic heterocycles. The molecule has 0 atom stereocenters. The number of aromatic nitrogens is 3. The zero-order valence-corrected chi connectivity index (χ0v) is 33.3. The zero-order valence-electron chi connectivity index (χ0n) is 31.7. The molecule has 61 heavy (non-hydrogen) atoms. The number of hydrogen-bond acceptors (Lipinski definition) is 15. The van der Waals surface area contributed by atoms with Crippen LogP contribution in [0, 0.1) is 13.8 Å². The van der Waals surface area contributed by atoms with Crippen molar-refractivity contribution in [2.45, 2.75) is 23.6 Å². The highest BCUT2D eigenvalue weighted by Crippen LogP contribution is 2.38. The topological polar surface area (TPSA) is 260 Å². The molecule has 1 heterocycles. The molecule has 8 rings (SSSR count). The van der Waals surface area contributed by atoms with Crippen LogP contribution in [0.25, 0.3) is 38.3 Å². The SMILES string of the molecule is Cc1cc(N=Nc2ccc3cc(-n4nc5ccc6c(S(=O)(=O)O)cc(S(=O)(=O)O)cc6c5n4)ccc3c2O)c(C)cc1N=Nc1ccc(N=Nc2ccc(OC=O)cc2)cc1. The number of ether oxygens (including phenoxy) is 1. The second kappa shape index (κ2) is 15.8. The fourth-order valence-corrected chi connectivity index (χ4v) is 7.63. The number of benzene rings is 7. The van der Waals surface area contributed by atoms with Gasteiger partial charge in [-0.15, -0.1) is 15.3 Å². The molecule has 0 unspecified atom stereocenters. The minimum absolute atomic E-state index is 0.0151. The summed E-state index contributed by atoms with van der Waals surface area (Å²) in [6, 6.07) is 30.1. The minimum Gasteiger partial charge on any atom is -0.505 e. The molecule has 18 nitrogen and oxygen atoms in total. The Morgan fingerprint density at radius 3 is 1.77 bits per heavy atom. The normalized spacial score (nSPS) is 12.5. The van der Waals surface area contributed by atoms with E-state index in [9.17, 15) is 35.8 Å². The number of phenolic OH excluding ortho intramolecular Hbond substituents is 1. The van der Waals surface area contributed by atoms with Gasteiger partial charge in [0.05, 0.1) is 39.0 Å². The highest BCUT2D eigenvalue weighted by atomic mass is 32.2. The molecule has 0 fully saturated rings. The van der Waals surface area contributed by atoms with Gasteiger partial charge in [-0.2, -0.15) is 47.2 Å². The van der Waals surface area contributed by atoms with Crippen molar-refractivity contribution in [3.05, 3.63) is 126 Å². The van der Waals surface area contributed by atoms with E-state index in [-0.39, 0.29) is 33.2 Å². The molecule has 3 N–H and O–H groups in total. The van der Waals surface area contributed by atoms with E-state index >= 15 is 0 Å². The van der Waals surface area contributed by atoms with Crippen LogP contribution in [0.3, 0.4) is 0 Å². The number of fused-ring (bicyclic) bond motifs is 4. The highest BCUT2D eigenvalue weighted by Gasteiger charge is 2.23. The monoisotopic (exact) mass is 855 g/mol. The van der Waals surface area contributed by atoms with E-state index in [4.69, 9.17) is 4.74 Å². The Kier molecular flexibility index (Phi) is 10.4. The Bertz CT molecular complexity index is 3390. The van der Waals surface area contributed by atoms with Gasteiger partial charge in [0, 0.05) is 16.2 Å². The molecule has 0 amide bonds. The van der Waals surface area contributed by atoms with Crippen LogP contribution in [0.4, 0.5) is 34.1 Å². The summed E-state index contributed by atoms with van der Waals surface area (Å²) in [6.07, 6.45) is 0. The Balaban J connectivity index is 0.994. The lowest BCUT2D eigenvalue weighted by Gasteiger charge is -2.07. The van der Waals surface area contributed by atoms with Gasteiger partial charge >= 0.3 is 0 Å². The Morgan fingerprint density at radius 1 is 0.590 bits per heavy atom. The van der Waals surface area contributed by atoms with Crippen LogP contribution in [0.1, 0.15) is 11.1 Å². The number of azo groups is 3. The lowest BCUT2D eigenvalue weighted by Crippen LogP contribution is -2.04. The van der Waals surface area contributed by atoms with Crippen LogP contribution in [0.5, 0.6) is 11.5 Å². The van der Waals surface area contributed by atoms with Gasteiger partial charge in [-0.05, 0) is 133 Å². The standard InChI is InChI=1S/C41H29N9O9S2/c1-23-18-38(24(2)17-37(23)46-44-27-6-4-26(5-7-27)42-43-28-8-11-30(12-9-28)59-22-51)47-45-36-15-3-25-19-29(10-13-32(25)41(36)52)50-48-35-16-14-33-34(40(35)49-50)20-31(60(53,54)55)21-39(33)61(56,57)58/h3-22,52H,1-2H3,(H,53,54,55)(H,56,57,58). The highest BCUT2D eigenvalue weighted by molar-refractivity contribution is 7.86. The first-order valence-electron chi connectivity index (χ1n) is 17.9. The van der Waals surface area contributed by atoms with Crippen molar-refractivity contribution in [2.24, 2.45) is 30.7 Å². The molecule has 304 valence electrons. The van der Waals surface area contributed by atoms with Crippen molar-refractivity contribution in [1.29, 1.82) is 0 Å². The van der Waals surface area contributed by atoms with Gasteiger partial charge in [0.15, 0.2) is 5.75 Å². The van der Waals surface area contributed by atoms with Gasteiger partial charge < -0.3 is 9.84 Å². The molecule has 7 aromatic carbocycles. The predicted octanol–water partition coefficient (Wildman–Crippen LogP) is 10.3. The fraction of sp³-hybridized carbons (Fsp3) is 0.0488. The lowest BCUT2D eigenvalue weighted by molar-refractivity contribution is -0.120. The maximum atomic E-state index is 12.1. The number of phenols is 1. The van der Waals surface area contributed by atoms with Gasteiger partial charge in [0.25, 0.3) is 26.7 Å². The Morgan fingerprint density at radius 2 is 1.16 bits per heavy atom. The Hall–Kier alpha value is -7.65. The van der Waals surface area contributed by atoms with E-state index in [1.807, 2.05) is 26.0 Å². The molecule has 0 radical (unpaired) electrons. The average Bonchev–Trinajstić information content (AvgIpc) is 3.68. The van der Waals surface area contributed by atoms with Crippen molar-refractivity contribution in [2.75, 3.05) is 0 Å². The third kappa shape index (κ3) is 8.45. The summed E-state index contributed by atoms with van der Waals surface area (Å²) >= 11 is 0. The van der Waals surface area contributed by atoms with Crippen LogP contribution in [-0.4, -0.2) is 52.5 Å². The molecule has 20 heteroatoms. The molecular weight excluding hydrogens is 827 g/mol. The van der Waals surface area contributed by atoms with Crippen LogP contribution in [0.15, 0.2) is 156 Å². The first kappa shape index (κ1) is 40.1. The van der Waals surface area contributed by atoms with Gasteiger partial charge in [0.2, 0.25) is 0 Å². The summed E-state index contributed by atoms with van der Waals surface area (Å²) in [6.45, 7) is 4.08. The summed E-state index contributed by atoms with van der Waals surface area (Å²) in [5.41, 5.74) is 5.58. The minimum atomic E-state index is -4.89. The quantitative estimate of drug-likeness (QED) is 0.0626. The van der Waals surface area contributed by atoms with E-state index in [0.29, 0.717) is 63.2 Å². The van der Waals surface area contributed by atoms with Gasteiger partial charge in [-0.3, -0.25) is 13.9 Å². The lowest BCUT2D eigenvalue weighted by atomic mass is 10.1. The van der Waals surface area contributed by atoms with Crippen LogP contribution in [-0.2, 0) is 25.0 Å². The van der Waals surface area contributed by atoms with Crippen molar-refractivity contribution in [3.8, 4) is 17.2 Å². The van der Waals surface area contributed by atoms with Crippen LogP contribution < -0.4 is 4.74 Å². The Labute approximate surface area is 345 Å². The third-order valence-electron chi connectivity index (χ3n) is 9.38. The molecule has 1 aromatic heterocycles. The number of aryl methyl sites for hydroxylation is 2. The van der Waals surface area contributed by atoms with E-state index in [2.05, 4.69) is 40.9 Å². The molecule has 0 spiro atoms. The number of nitrogens with zero attached hydrogens (tertiary/aromatic N) is 9. The summed E-state index contributed by atoms with van der Waals surface area (Å²) in [4.78, 5) is 10.2. The maximum absolute atomic E-state index is 12.1. The van der Waals surface area contributed by atoms with E-state index in [0.717, 1.165) is 17.2 Å². The predicted molar refractivity (Wildman–Crippen MR) is 223 cm³/mol. The van der Waals surface area contributed by atoms with Gasteiger partial charge in [-0.25, -0.2) is 0 Å². The van der Waals surface area contributed by atoms with Crippen molar-refractivity contribution >= 4 is 93.4 Å². The average molecular weight is 856 g/mol. The zero-order chi connectivity index (χ0) is 43.1. The van der Waals surface area contributed by atoms with E-state index < -0.39 is 30.0 Å². The van der Waals surface area contributed by atoms with E-state index in [1.54, 1.807) is 78.9 Å². The molecule has 0 bridgehead atoms. The second-order valence-electron chi connectivity index (χ2n) is 13.5. The summed E-state index contributed by atoms with van der Waals surface area (Å²) in [5.74, 6) is 0.281. The van der Waals surface area contributed by atoms with Crippen molar-refractivity contribution in [3.63, 3.8) is 0 Å². The number of carbonyl (C=O) groups is 1. The van der Waals surface area contributed by atoms with Gasteiger partial charge in [0.1, 0.15) is 27.4 Å². The molecule has 8 aromatic rings. The number of aromatic hydroxyl groups is 1. The smallest absolute Gasteiger partial charge is 0.298 e. The largest absolute Gasteiger partial charge is 0.505 e. The molecule has 0 saturated heterocycles. The van der Waals surface area contributed by atoms with Crippen LogP contribution >= 0.6 is 0 Å². The molecule has 0 saturated carbocycles. The number of carbonyl (C=O) groups excluding carboxylic acids is 1. The van der Waals surface area contributed by atoms with Gasteiger partial charge in [-0.1, -0.05) is 12.1 Å². The molecule has 0 aliphatic rings. The fourth-order valence-electron chi connectivity index (χ4n) is 6.29. The molecular formula is C41H29N9O9S2. The van der Waals surface area contributed by atoms with Crippen LogP contribution in [0.2, 0.25) is 0 Å². The van der Waals surface area contributed by atoms with E-state index in [1.165, 1.54) is 16.9 Å². The van der Waals surface area contributed by atoms with Crippen molar-refractivity contribution < 1.29 is 40.6 Å². The first-order valence-corrected chi connectivity index (χ1v) is 20.7. The first-order chi connectivity index (χ1) is 29.1. The third-order valence-corrected chi connectivity index (χ3v) is 11.1. The maximum Gasteiger partial charge on any atom is 0.298 e.